The number of para-hydroxylation sites is 1. The van der Waals surface area contributed by atoms with Crippen molar-refractivity contribution in [1.29, 1.82) is 0 Å². The first kappa shape index (κ1) is 26.2. The number of rotatable bonds is 4. The summed E-state index contributed by atoms with van der Waals surface area (Å²) >= 11 is 0. The Morgan fingerprint density at radius 1 is 0.644 bits per heavy atom. The van der Waals surface area contributed by atoms with Crippen molar-refractivity contribution in [3.63, 3.8) is 0 Å². The van der Waals surface area contributed by atoms with Crippen LogP contribution in [-0.4, -0.2) is 24.5 Å². The van der Waals surface area contributed by atoms with Crippen LogP contribution in [0.1, 0.15) is 45.7 Å². The van der Waals surface area contributed by atoms with E-state index in [0.29, 0.717) is 22.7 Å². The smallest absolute Gasteiger partial charge is 0.271 e. The van der Waals surface area contributed by atoms with Crippen molar-refractivity contribution in [1.82, 2.24) is 0 Å². The Labute approximate surface area is 259 Å². The second kappa shape index (κ2) is 9.13. The van der Waals surface area contributed by atoms with Crippen molar-refractivity contribution < 1.29 is 23.6 Å². The molecule has 5 aromatic rings. The fraction of sp³-hybridized carbons (Fsp3) is 0.158. The molecule has 0 saturated carbocycles. The first-order valence-corrected chi connectivity index (χ1v) is 15.0. The molecule has 3 atom stereocenters. The van der Waals surface area contributed by atoms with Gasteiger partial charge in [-0.3, -0.25) is 14.4 Å². The minimum atomic E-state index is -1.63. The molecule has 2 heterocycles. The van der Waals surface area contributed by atoms with E-state index in [9.17, 15) is 4.39 Å². The van der Waals surface area contributed by atoms with Crippen LogP contribution in [0.25, 0.3) is 0 Å². The molecule has 2 aliphatic heterocycles. The molecule has 5 aromatic carbocycles. The molecule has 0 aromatic heterocycles. The number of anilines is 2. The van der Waals surface area contributed by atoms with Crippen LogP contribution in [0.3, 0.4) is 0 Å². The zero-order valence-electron chi connectivity index (χ0n) is 24.3. The van der Waals surface area contributed by atoms with Crippen LogP contribution in [0.4, 0.5) is 15.8 Å². The van der Waals surface area contributed by atoms with Crippen LogP contribution in [0.15, 0.2) is 127 Å². The number of hydroxylamine groups is 1. The van der Waals surface area contributed by atoms with Gasteiger partial charge in [-0.15, -0.1) is 0 Å². The van der Waals surface area contributed by atoms with Gasteiger partial charge in [-0.05, 0) is 76.3 Å². The number of hydrogen-bond donors (Lipinski definition) is 0. The molecule has 5 aliphatic rings. The highest BCUT2D eigenvalue weighted by Gasteiger charge is 2.87. The molecule has 3 aliphatic carbocycles. The SMILES string of the molecule is COc1ccc(N2C(=O)C34ON(c5ccccc5)C(c5ccc(F)cc5)C3(C2=O)C2c3ccccc3C4c3ccccc32)cc1. The van der Waals surface area contributed by atoms with Crippen molar-refractivity contribution in [2.24, 2.45) is 5.41 Å². The number of nitrogens with zero attached hydrogens (tertiary/aromatic N) is 2. The second-order valence-electron chi connectivity index (χ2n) is 12.1. The van der Waals surface area contributed by atoms with E-state index in [-0.39, 0.29) is 11.7 Å². The maximum absolute atomic E-state index is 15.6. The number of imide groups is 1. The van der Waals surface area contributed by atoms with Crippen molar-refractivity contribution >= 4 is 23.2 Å². The third kappa shape index (κ3) is 3.06. The molecule has 0 N–H and O–H groups in total. The number of methoxy groups -OCH3 is 1. The number of carbonyl (C=O) groups excluding carboxylic acids is 2. The van der Waals surface area contributed by atoms with Crippen molar-refractivity contribution in [3.8, 4) is 5.75 Å². The summed E-state index contributed by atoms with van der Waals surface area (Å²) in [5, 5.41) is 1.74. The molecule has 7 heteroatoms. The highest BCUT2D eigenvalue weighted by Crippen LogP contribution is 2.77. The van der Waals surface area contributed by atoms with Gasteiger partial charge >= 0.3 is 0 Å². The van der Waals surface area contributed by atoms with Crippen LogP contribution in [0.2, 0.25) is 0 Å². The zero-order valence-corrected chi connectivity index (χ0v) is 24.3. The number of ether oxygens (including phenoxy) is 1. The highest BCUT2D eigenvalue weighted by atomic mass is 19.1. The Balaban J connectivity index is 1.41. The third-order valence-electron chi connectivity index (χ3n) is 10.2. The van der Waals surface area contributed by atoms with Crippen molar-refractivity contribution in [2.75, 3.05) is 17.1 Å². The van der Waals surface area contributed by atoms with E-state index < -0.39 is 34.8 Å². The molecule has 2 amide bonds. The molecule has 3 unspecified atom stereocenters. The third-order valence-corrected chi connectivity index (χ3v) is 10.2. The van der Waals surface area contributed by atoms with Crippen LogP contribution in [0, 0.1) is 11.2 Å². The minimum Gasteiger partial charge on any atom is -0.497 e. The summed E-state index contributed by atoms with van der Waals surface area (Å²) in [6.45, 7) is 0. The molecule has 45 heavy (non-hydrogen) atoms. The minimum absolute atomic E-state index is 0.343. The van der Waals surface area contributed by atoms with Gasteiger partial charge in [0.2, 0.25) is 11.5 Å². The average molecular weight is 595 g/mol. The van der Waals surface area contributed by atoms with Crippen molar-refractivity contribution in [3.05, 3.63) is 161 Å². The molecule has 6 nitrogen and oxygen atoms in total. The van der Waals surface area contributed by atoms with Gasteiger partial charge in [-0.1, -0.05) is 78.9 Å². The standard InChI is InChI=1S/C38H27FN2O4/c1-44-27-21-19-25(20-22-27)40-35(42)37-32-28-11-5-7-13-30(28)33(31-14-8-6-12-29(31)32)38(37,36(40)43)45-41(26-9-3-2-4-10-26)34(37)23-15-17-24(39)18-16-23/h2-22,32-34H,1H3. The lowest BCUT2D eigenvalue weighted by Gasteiger charge is -2.55. The number of halogens is 1. The Kier molecular flexibility index (Phi) is 5.30. The lowest BCUT2D eigenvalue weighted by molar-refractivity contribution is -0.153. The van der Waals surface area contributed by atoms with Crippen molar-refractivity contribution in [2.45, 2.75) is 23.5 Å². The van der Waals surface area contributed by atoms with Gasteiger partial charge in [0.05, 0.1) is 24.4 Å². The summed E-state index contributed by atoms with van der Waals surface area (Å²) < 4.78 is 19.8. The van der Waals surface area contributed by atoms with Gasteiger partial charge in [0.1, 0.15) is 23.0 Å². The summed E-state index contributed by atoms with van der Waals surface area (Å²) in [5.41, 5.74) is 2.71. The molecule has 10 rings (SSSR count). The average Bonchev–Trinajstić information content (AvgIpc) is 3.53. The van der Waals surface area contributed by atoms with E-state index in [1.807, 2.05) is 54.6 Å². The van der Waals surface area contributed by atoms with Crippen LogP contribution in [0.5, 0.6) is 5.75 Å². The maximum atomic E-state index is 15.6. The number of carbonyl (C=O) groups is 2. The molecular formula is C38H27FN2O4. The normalized spacial score (nSPS) is 27.2. The van der Waals surface area contributed by atoms with Crippen LogP contribution < -0.4 is 14.7 Å². The Morgan fingerprint density at radius 2 is 1.20 bits per heavy atom. The lowest BCUT2D eigenvalue weighted by atomic mass is 9.43. The summed E-state index contributed by atoms with van der Waals surface area (Å²) in [6.07, 6.45) is 0. The molecule has 0 spiro atoms. The van der Waals surface area contributed by atoms with E-state index >= 15 is 9.59 Å². The molecule has 0 radical (unpaired) electrons. The van der Waals surface area contributed by atoms with E-state index in [0.717, 1.165) is 22.3 Å². The Hall–Kier alpha value is -5.27. The quantitative estimate of drug-likeness (QED) is 0.212. The first-order chi connectivity index (χ1) is 22.0. The second-order valence-corrected chi connectivity index (χ2v) is 12.1. The van der Waals surface area contributed by atoms with Gasteiger partial charge < -0.3 is 4.74 Å². The lowest BCUT2D eigenvalue weighted by Crippen LogP contribution is -2.63. The van der Waals surface area contributed by atoms with Gasteiger partial charge in [-0.2, -0.15) is 0 Å². The summed E-state index contributed by atoms with van der Waals surface area (Å²) in [7, 11) is 1.57. The number of hydrogen-bond acceptors (Lipinski definition) is 5. The number of benzene rings is 5. The maximum Gasteiger partial charge on any atom is 0.271 e. The molecule has 220 valence electrons. The van der Waals surface area contributed by atoms with E-state index in [1.54, 1.807) is 48.6 Å². The predicted molar refractivity (Wildman–Crippen MR) is 166 cm³/mol. The monoisotopic (exact) mass is 594 g/mol. The number of amides is 2. The molecule has 2 fully saturated rings. The largest absolute Gasteiger partial charge is 0.497 e. The van der Waals surface area contributed by atoms with Gasteiger partial charge in [0, 0.05) is 5.92 Å². The summed E-state index contributed by atoms with van der Waals surface area (Å²) in [4.78, 5) is 39.5. The topological polar surface area (TPSA) is 59.1 Å². The highest BCUT2D eigenvalue weighted by molar-refractivity contribution is 6.29. The predicted octanol–water partition coefficient (Wildman–Crippen LogP) is 6.92. The molecule has 2 saturated heterocycles. The Morgan fingerprint density at radius 3 is 1.78 bits per heavy atom. The molecule has 2 bridgehead atoms. The van der Waals surface area contributed by atoms with Crippen LogP contribution >= 0.6 is 0 Å². The fourth-order valence-electron chi connectivity index (χ4n) is 8.64. The van der Waals surface area contributed by atoms with E-state index in [2.05, 4.69) is 24.3 Å². The summed E-state index contributed by atoms with van der Waals surface area (Å²) in [5.74, 6) is -1.64. The van der Waals surface area contributed by atoms with E-state index in [4.69, 9.17) is 9.57 Å². The zero-order chi connectivity index (χ0) is 30.5. The first-order valence-electron chi connectivity index (χ1n) is 15.0. The Bertz CT molecular complexity index is 1970. The van der Waals surface area contributed by atoms with Gasteiger partial charge in [-0.25, -0.2) is 14.4 Å². The van der Waals surface area contributed by atoms with Gasteiger partial charge in [0.25, 0.3) is 5.91 Å². The summed E-state index contributed by atoms with van der Waals surface area (Å²) in [6, 6.07) is 38.1. The van der Waals surface area contributed by atoms with Gasteiger partial charge in [0.15, 0.2) is 0 Å². The fourth-order valence-corrected chi connectivity index (χ4v) is 8.64. The van der Waals surface area contributed by atoms with Crippen LogP contribution in [-0.2, 0) is 14.4 Å². The molecular weight excluding hydrogens is 567 g/mol. The van der Waals surface area contributed by atoms with E-state index in [1.165, 1.54) is 17.0 Å².